The molecule has 0 aromatic heterocycles. The maximum Gasteiger partial charge on any atom is 0.342 e. The van der Waals surface area contributed by atoms with Gasteiger partial charge in [-0.15, -0.1) is 0 Å². The smallest absolute Gasteiger partial charge is 0.342 e. The molecular formula is C16H17ClN2O6. The molecule has 0 fully saturated rings. The number of carbonyl (C=O) groups is 3. The van der Waals surface area contributed by atoms with Crippen molar-refractivity contribution in [2.75, 3.05) is 26.9 Å². The second kappa shape index (κ2) is 8.39. The van der Waals surface area contributed by atoms with Crippen LogP contribution in [-0.2, 0) is 14.3 Å². The Bertz CT molecular complexity index is 731. The van der Waals surface area contributed by atoms with E-state index >= 15 is 0 Å². The summed E-state index contributed by atoms with van der Waals surface area (Å²) in [6.45, 7) is 1.52. The molecule has 134 valence electrons. The van der Waals surface area contributed by atoms with E-state index in [2.05, 4.69) is 10.6 Å². The van der Waals surface area contributed by atoms with Gasteiger partial charge in [-0.05, 0) is 25.1 Å². The first-order valence-electron chi connectivity index (χ1n) is 7.41. The maximum absolute atomic E-state index is 12.3. The van der Waals surface area contributed by atoms with Crippen LogP contribution in [0.3, 0.4) is 0 Å². The number of ether oxygens (including phenoxy) is 3. The van der Waals surface area contributed by atoms with Gasteiger partial charge < -0.3 is 24.8 Å². The number of methoxy groups -OCH3 is 1. The fourth-order valence-electron chi connectivity index (χ4n) is 2.12. The van der Waals surface area contributed by atoms with Gasteiger partial charge in [0.2, 0.25) is 0 Å². The van der Waals surface area contributed by atoms with Crippen molar-refractivity contribution < 1.29 is 28.6 Å². The maximum atomic E-state index is 12.3. The van der Waals surface area contributed by atoms with Crippen LogP contribution in [0.1, 0.15) is 17.3 Å². The van der Waals surface area contributed by atoms with Gasteiger partial charge in [-0.2, -0.15) is 0 Å². The second-order valence-electron chi connectivity index (χ2n) is 4.91. The van der Waals surface area contributed by atoms with Gasteiger partial charge >= 0.3 is 18.0 Å². The zero-order valence-electron chi connectivity index (χ0n) is 13.7. The number of benzene rings is 1. The van der Waals surface area contributed by atoms with Crippen molar-refractivity contribution in [1.82, 2.24) is 10.6 Å². The van der Waals surface area contributed by atoms with Crippen LogP contribution in [0.15, 0.2) is 29.5 Å². The third-order valence-corrected chi connectivity index (χ3v) is 3.54. The predicted molar refractivity (Wildman–Crippen MR) is 88.5 cm³/mol. The second-order valence-corrected chi connectivity index (χ2v) is 5.34. The number of carbonyl (C=O) groups excluding carboxylic acids is 3. The Morgan fingerprint density at radius 3 is 2.68 bits per heavy atom. The summed E-state index contributed by atoms with van der Waals surface area (Å²) in [5, 5.41) is 5.25. The van der Waals surface area contributed by atoms with Gasteiger partial charge in [-0.1, -0.05) is 11.6 Å². The van der Waals surface area contributed by atoms with E-state index in [1.807, 2.05) is 0 Å². The third-order valence-electron chi connectivity index (χ3n) is 3.31. The van der Waals surface area contributed by atoms with Crippen LogP contribution >= 0.6 is 11.6 Å². The van der Waals surface area contributed by atoms with E-state index in [0.29, 0.717) is 10.8 Å². The molecule has 2 amide bonds. The number of urea groups is 1. The summed E-state index contributed by atoms with van der Waals surface area (Å²) < 4.78 is 15.2. The Labute approximate surface area is 149 Å². The van der Waals surface area contributed by atoms with Gasteiger partial charge in [0.15, 0.2) is 0 Å². The minimum absolute atomic E-state index is 0.0158. The number of amides is 2. The highest BCUT2D eigenvalue weighted by Crippen LogP contribution is 2.23. The normalized spacial score (nSPS) is 13.6. The van der Waals surface area contributed by atoms with Crippen molar-refractivity contribution in [3.63, 3.8) is 0 Å². The molecule has 9 heteroatoms. The molecule has 2 N–H and O–H groups in total. The summed E-state index contributed by atoms with van der Waals surface area (Å²) in [7, 11) is 1.41. The van der Waals surface area contributed by atoms with E-state index in [1.165, 1.54) is 19.2 Å². The lowest BCUT2D eigenvalue weighted by molar-refractivity contribution is -0.138. The standard InChI is InChI=1S/C16H17ClN2O6/c1-3-24-15(21)11-7-18-16(22)19-12(11)8-25-14(20)10-6-9(17)4-5-13(10)23-2/h4-6H,3,7-8H2,1-2H3,(H2,18,19,22). The van der Waals surface area contributed by atoms with Gasteiger partial charge in [0.05, 0.1) is 31.5 Å². The molecule has 8 nitrogen and oxygen atoms in total. The molecule has 0 saturated carbocycles. The van der Waals surface area contributed by atoms with E-state index in [0.717, 1.165) is 0 Å². The van der Waals surface area contributed by atoms with Crippen LogP contribution in [0.5, 0.6) is 5.75 Å². The van der Waals surface area contributed by atoms with Gasteiger partial charge in [0.1, 0.15) is 17.9 Å². The number of nitrogens with one attached hydrogen (secondary N) is 2. The number of hydrogen-bond acceptors (Lipinski definition) is 6. The monoisotopic (exact) mass is 368 g/mol. The molecule has 0 radical (unpaired) electrons. The van der Waals surface area contributed by atoms with Gasteiger partial charge in [-0.3, -0.25) is 0 Å². The largest absolute Gasteiger partial charge is 0.496 e. The molecule has 0 atom stereocenters. The summed E-state index contributed by atoms with van der Waals surface area (Å²) in [4.78, 5) is 35.7. The van der Waals surface area contributed by atoms with Crippen LogP contribution in [0.4, 0.5) is 4.79 Å². The average molecular weight is 369 g/mol. The number of esters is 2. The van der Waals surface area contributed by atoms with Gasteiger partial charge in [0, 0.05) is 5.02 Å². The molecule has 1 aliphatic heterocycles. The Balaban J connectivity index is 2.17. The molecule has 2 rings (SSSR count). The minimum atomic E-state index is -0.706. The molecule has 0 unspecified atom stereocenters. The van der Waals surface area contributed by atoms with E-state index in [1.54, 1.807) is 13.0 Å². The van der Waals surface area contributed by atoms with Crippen molar-refractivity contribution in [3.05, 3.63) is 40.1 Å². The Kier molecular flexibility index (Phi) is 6.24. The topological polar surface area (TPSA) is 103 Å². The highest BCUT2D eigenvalue weighted by Gasteiger charge is 2.25. The van der Waals surface area contributed by atoms with Crippen LogP contribution in [-0.4, -0.2) is 44.8 Å². The van der Waals surface area contributed by atoms with Gasteiger partial charge in [0.25, 0.3) is 0 Å². The SMILES string of the molecule is CCOC(=O)C1=C(COC(=O)c2cc(Cl)ccc2OC)NC(=O)NC1. The highest BCUT2D eigenvalue weighted by molar-refractivity contribution is 6.31. The fourth-order valence-corrected chi connectivity index (χ4v) is 2.30. The molecule has 0 spiro atoms. The average Bonchev–Trinajstić information content (AvgIpc) is 2.59. The molecule has 1 aromatic carbocycles. The third kappa shape index (κ3) is 4.63. The van der Waals surface area contributed by atoms with Crippen LogP contribution in [0.25, 0.3) is 0 Å². The molecule has 1 heterocycles. The lowest BCUT2D eigenvalue weighted by Crippen LogP contribution is -2.45. The Hall–Kier alpha value is -2.74. The van der Waals surface area contributed by atoms with Gasteiger partial charge in [-0.25, -0.2) is 14.4 Å². The first-order valence-corrected chi connectivity index (χ1v) is 7.78. The zero-order chi connectivity index (χ0) is 18.4. The van der Waals surface area contributed by atoms with E-state index in [-0.39, 0.29) is 36.6 Å². The zero-order valence-corrected chi connectivity index (χ0v) is 14.4. The lowest BCUT2D eigenvalue weighted by atomic mass is 10.1. The summed E-state index contributed by atoms with van der Waals surface area (Å²) in [6, 6.07) is 4.02. The summed E-state index contributed by atoms with van der Waals surface area (Å²) in [5.41, 5.74) is 0.484. The summed E-state index contributed by atoms with van der Waals surface area (Å²) in [6.07, 6.45) is 0. The van der Waals surface area contributed by atoms with Crippen LogP contribution in [0, 0.1) is 0 Å². The van der Waals surface area contributed by atoms with Crippen LogP contribution < -0.4 is 15.4 Å². The van der Waals surface area contributed by atoms with E-state index in [4.69, 9.17) is 25.8 Å². The summed E-state index contributed by atoms with van der Waals surface area (Å²) in [5.74, 6) is -1.01. The molecule has 0 aliphatic carbocycles. The summed E-state index contributed by atoms with van der Waals surface area (Å²) >= 11 is 5.89. The van der Waals surface area contributed by atoms with Crippen molar-refractivity contribution in [3.8, 4) is 5.75 Å². The number of halogens is 1. The number of hydrogen-bond donors (Lipinski definition) is 2. The quantitative estimate of drug-likeness (QED) is 0.740. The lowest BCUT2D eigenvalue weighted by Gasteiger charge is -2.21. The Morgan fingerprint density at radius 1 is 1.24 bits per heavy atom. The molecular weight excluding hydrogens is 352 g/mol. The molecule has 1 aliphatic rings. The van der Waals surface area contributed by atoms with Crippen molar-refractivity contribution >= 4 is 29.6 Å². The fraction of sp³-hybridized carbons (Fsp3) is 0.312. The first kappa shape index (κ1) is 18.6. The van der Waals surface area contributed by atoms with E-state index < -0.39 is 18.0 Å². The first-order chi connectivity index (χ1) is 12.0. The predicted octanol–water partition coefficient (Wildman–Crippen LogP) is 1.64. The Morgan fingerprint density at radius 2 is 2.00 bits per heavy atom. The molecule has 25 heavy (non-hydrogen) atoms. The minimum Gasteiger partial charge on any atom is -0.496 e. The van der Waals surface area contributed by atoms with E-state index in [9.17, 15) is 14.4 Å². The van der Waals surface area contributed by atoms with Crippen LogP contribution in [0.2, 0.25) is 5.02 Å². The molecule has 0 bridgehead atoms. The highest BCUT2D eigenvalue weighted by atomic mass is 35.5. The van der Waals surface area contributed by atoms with Crippen molar-refractivity contribution in [1.29, 1.82) is 0 Å². The molecule has 1 aromatic rings. The molecule has 0 saturated heterocycles. The van der Waals surface area contributed by atoms with Crippen molar-refractivity contribution in [2.24, 2.45) is 0 Å². The number of rotatable bonds is 6. The van der Waals surface area contributed by atoms with Crippen molar-refractivity contribution in [2.45, 2.75) is 6.92 Å².